The summed E-state index contributed by atoms with van der Waals surface area (Å²) in [5.41, 5.74) is 2.58. The van der Waals surface area contributed by atoms with E-state index in [1.54, 1.807) is 18.3 Å². The van der Waals surface area contributed by atoms with Crippen LogP contribution in [0.3, 0.4) is 0 Å². The van der Waals surface area contributed by atoms with Gasteiger partial charge in [-0.1, -0.05) is 0 Å². The molecule has 0 aliphatic rings. The van der Waals surface area contributed by atoms with Gasteiger partial charge in [-0.2, -0.15) is 0 Å². The van der Waals surface area contributed by atoms with Crippen LogP contribution in [-0.2, 0) is 11.2 Å². The second-order valence-electron chi connectivity index (χ2n) is 5.63. The molecule has 0 aliphatic carbocycles. The third kappa shape index (κ3) is 4.66. The molecule has 0 spiro atoms. The molecule has 4 nitrogen and oxygen atoms in total. The van der Waals surface area contributed by atoms with Gasteiger partial charge in [-0.15, -0.1) is 0 Å². The van der Waals surface area contributed by atoms with Crippen LogP contribution in [0.2, 0.25) is 0 Å². The Labute approximate surface area is 158 Å². The molecule has 0 unspecified atom stereocenters. The van der Waals surface area contributed by atoms with E-state index in [0.717, 1.165) is 20.4 Å². The van der Waals surface area contributed by atoms with Crippen molar-refractivity contribution >= 4 is 34.2 Å². The third-order valence-corrected chi connectivity index (χ3v) is 4.38. The normalized spacial score (nSPS) is 10.7. The van der Waals surface area contributed by atoms with E-state index < -0.39 is 0 Å². The lowest BCUT2D eigenvalue weighted by Gasteiger charge is -2.08. The molecular weight excluding hydrogens is 434 g/mol. The summed E-state index contributed by atoms with van der Waals surface area (Å²) in [6, 6.07) is 11.9. The van der Waals surface area contributed by atoms with Gasteiger partial charge in [-0.25, -0.2) is 9.37 Å². The Bertz CT molecular complexity index is 891. The van der Waals surface area contributed by atoms with Crippen molar-refractivity contribution in [3.8, 4) is 11.3 Å². The fourth-order valence-electron chi connectivity index (χ4n) is 2.37. The summed E-state index contributed by atoms with van der Waals surface area (Å²) in [4.78, 5) is 16.3. The van der Waals surface area contributed by atoms with E-state index in [9.17, 15) is 9.18 Å². The maximum absolute atomic E-state index is 13.0. The maximum Gasteiger partial charge on any atom is 0.224 e. The summed E-state index contributed by atoms with van der Waals surface area (Å²) in [5.74, 6) is 0.648. The number of hydrogen-bond acceptors (Lipinski definition) is 3. The number of carbonyl (C=O) groups excluding carboxylic acids is 1. The standard InChI is InChI=1S/C19H16FIN2O2/c1-12-10-15(21)6-7-16(12)23-18(24)8-9-19-22-11-17(25-19)13-2-4-14(20)5-3-13/h2-7,10-11H,8-9H2,1H3,(H,23,24). The summed E-state index contributed by atoms with van der Waals surface area (Å²) in [6.45, 7) is 1.96. The van der Waals surface area contributed by atoms with Gasteiger partial charge in [0.05, 0.1) is 6.20 Å². The molecule has 3 aromatic rings. The number of nitrogens with zero attached hydrogens (tertiary/aromatic N) is 1. The zero-order valence-corrected chi connectivity index (χ0v) is 15.7. The first-order valence-electron chi connectivity index (χ1n) is 7.78. The highest BCUT2D eigenvalue weighted by molar-refractivity contribution is 14.1. The third-order valence-electron chi connectivity index (χ3n) is 3.71. The van der Waals surface area contributed by atoms with Gasteiger partial charge in [-0.05, 0) is 77.5 Å². The van der Waals surface area contributed by atoms with Crippen molar-refractivity contribution < 1.29 is 13.6 Å². The number of anilines is 1. The number of aryl methyl sites for hydroxylation is 2. The fourth-order valence-corrected chi connectivity index (χ4v) is 3.02. The number of halogens is 2. The SMILES string of the molecule is Cc1cc(I)ccc1NC(=O)CCc1ncc(-c2ccc(F)cc2)o1. The molecule has 1 heterocycles. The molecule has 25 heavy (non-hydrogen) atoms. The van der Waals surface area contributed by atoms with Crippen molar-refractivity contribution in [1.29, 1.82) is 0 Å². The Balaban J connectivity index is 1.58. The molecule has 1 amide bonds. The lowest BCUT2D eigenvalue weighted by Crippen LogP contribution is -2.13. The smallest absolute Gasteiger partial charge is 0.224 e. The molecule has 0 radical (unpaired) electrons. The summed E-state index contributed by atoms with van der Waals surface area (Å²) in [6.07, 6.45) is 2.26. The van der Waals surface area contributed by atoms with Gasteiger partial charge < -0.3 is 9.73 Å². The molecule has 0 bridgehead atoms. The van der Waals surface area contributed by atoms with Gasteiger partial charge in [0.15, 0.2) is 11.7 Å². The Morgan fingerprint density at radius 3 is 2.72 bits per heavy atom. The van der Waals surface area contributed by atoms with E-state index in [4.69, 9.17) is 4.42 Å². The number of nitrogens with one attached hydrogen (secondary N) is 1. The van der Waals surface area contributed by atoms with Crippen LogP contribution in [0.5, 0.6) is 0 Å². The molecule has 2 aromatic carbocycles. The van der Waals surface area contributed by atoms with E-state index in [0.29, 0.717) is 18.1 Å². The number of oxazole rings is 1. The zero-order valence-electron chi connectivity index (χ0n) is 13.6. The lowest BCUT2D eigenvalue weighted by atomic mass is 10.2. The van der Waals surface area contributed by atoms with Crippen LogP contribution in [-0.4, -0.2) is 10.9 Å². The first-order chi connectivity index (χ1) is 12.0. The zero-order chi connectivity index (χ0) is 17.8. The molecule has 0 saturated heterocycles. The van der Waals surface area contributed by atoms with Crippen LogP contribution in [0, 0.1) is 16.3 Å². The molecule has 0 fully saturated rings. The van der Waals surface area contributed by atoms with E-state index >= 15 is 0 Å². The Hall–Kier alpha value is -2.22. The molecular formula is C19H16FIN2O2. The van der Waals surface area contributed by atoms with Crippen LogP contribution < -0.4 is 5.32 Å². The van der Waals surface area contributed by atoms with Crippen LogP contribution in [0.15, 0.2) is 53.1 Å². The highest BCUT2D eigenvalue weighted by Crippen LogP contribution is 2.22. The van der Waals surface area contributed by atoms with Crippen molar-refractivity contribution in [3.63, 3.8) is 0 Å². The van der Waals surface area contributed by atoms with Crippen molar-refractivity contribution in [2.24, 2.45) is 0 Å². The van der Waals surface area contributed by atoms with Gasteiger partial charge in [0.2, 0.25) is 5.91 Å². The average molecular weight is 450 g/mol. The fraction of sp³-hybridized carbons (Fsp3) is 0.158. The predicted octanol–water partition coefficient (Wildman–Crippen LogP) is 4.97. The summed E-state index contributed by atoms with van der Waals surface area (Å²) >= 11 is 2.23. The molecule has 0 saturated carbocycles. The number of hydrogen-bond donors (Lipinski definition) is 1. The van der Waals surface area contributed by atoms with E-state index in [-0.39, 0.29) is 18.1 Å². The molecule has 3 rings (SSSR count). The van der Waals surface area contributed by atoms with Crippen LogP contribution in [0.25, 0.3) is 11.3 Å². The second-order valence-corrected chi connectivity index (χ2v) is 6.88. The summed E-state index contributed by atoms with van der Waals surface area (Å²) in [5, 5.41) is 2.90. The first kappa shape index (κ1) is 17.6. The predicted molar refractivity (Wildman–Crippen MR) is 103 cm³/mol. The first-order valence-corrected chi connectivity index (χ1v) is 8.86. The molecule has 1 N–H and O–H groups in total. The Kier molecular flexibility index (Phi) is 5.47. The minimum absolute atomic E-state index is 0.0918. The van der Waals surface area contributed by atoms with Crippen molar-refractivity contribution in [3.05, 3.63) is 69.5 Å². The summed E-state index contributed by atoms with van der Waals surface area (Å²) < 4.78 is 19.7. The molecule has 0 atom stereocenters. The van der Waals surface area contributed by atoms with Crippen molar-refractivity contribution in [2.45, 2.75) is 19.8 Å². The average Bonchev–Trinajstić information content (AvgIpc) is 3.05. The molecule has 0 aliphatic heterocycles. The number of amides is 1. The quantitative estimate of drug-likeness (QED) is 0.559. The second kappa shape index (κ2) is 7.77. The van der Waals surface area contributed by atoms with Crippen LogP contribution in [0.1, 0.15) is 17.9 Å². The van der Waals surface area contributed by atoms with Gasteiger partial charge in [0, 0.05) is 27.7 Å². The number of benzene rings is 2. The Morgan fingerprint density at radius 1 is 1.24 bits per heavy atom. The topological polar surface area (TPSA) is 55.1 Å². The minimum Gasteiger partial charge on any atom is -0.441 e. The molecule has 128 valence electrons. The summed E-state index contributed by atoms with van der Waals surface area (Å²) in [7, 11) is 0. The highest BCUT2D eigenvalue weighted by Gasteiger charge is 2.10. The minimum atomic E-state index is -0.300. The monoisotopic (exact) mass is 450 g/mol. The van der Waals surface area contributed by atoms with Crippen LogP contribution in [0.4, 0.5) is 10.1 Å². The van der Waals surface area contributed by atoms with Gasteiger partial charge in [0.1, 0.15) is 5.82 Å². The maximum atomic E-state index is 13.0. The number of rotatable bonds is 5. The van der Waals surface area contributed by atoms with Crippen molar-refractivity contribution in [2.75, 3.05) is 5.32 Å². The van der Waals surface area contributed by atoms with E-state index in [2.05, 4.69) is 32.9 Å². The lowest BCUT2D eigenvalue weighted by molar-refractivity contribution is -0.116. The number of carbonyl (C=O) groups is 1. The van der Waals surface area contributed by atoms with E-state index in [1.807, 2.05) is 25.1 Å². The van der Waals surface area contributed by atoms with Crippen LogP contribution >= 0.6 is 22.6 Å². The molecule has 1 aromatic heterocycles. The largest absolute Gasteiger partial charge is 0.441 e. The molecule has 6 heteroatoms. The van der Waals surface area contributed by atoms with Gasteiger partial charge >= 0.3 is 0 Å². The highest BCUT2D eigenvalue weighted by atomic mass is 127. The Morgan fingerprint density at radius 2 is 2.00 bits per heavy atom. The van der Waals surface area contributed by atoms with Gasteiger partial charge in [0.25, 0.3) is 0 Å². The van der Waals surface area contributed by atoms with Gasteiger partial charge in [-0.3, -0.25) is 4.79 Å². The van der Waals surface area contributed by atoms with Crippen molar-refractivity contribution in [1.82, 2.24) is 4.98 Å². The van der Waals surface area contributed by atoms with E-state index in [1.165, 1.54) is 12.1 Å². The number of aromatic nitrogens is 1.